The van der Waals surface area contributed by atoms with E-state index in [4.69, 9.17) is 0 Å². The Bertz CT molecular complexity index is 1450. The van der Waals surface area contributed by atoms with Crippen LogP contribution in [-0.2, 0) is 22.5 Å². The zero-order chi connectivity index (χ0) is 25.7. The van der Waals surface area contributed by atoms with Crippen molar-refractivity contribution in [2.45, 2.75) is 38.7 Å². The van der Waals surface area contributed by atoms with Gasteiger partial charge >= 0.3 is 0 Å². The second kappa shape index (κ2) is 8.90. The van der Waals surface area contributed by atoms with Crippen molar-refractivity contribution < 1.29 is 21.6 Å². The van der Waals surface area contributed by atoms with Crippen molar-refractivity contribution in [3.05, 3.63) is 63.5 Å². The highest BCUT2D eigenvalue weighted by molar-refractivity contribution is 7.89. The summed E-state index contributed by atoms with van der Waals surface area (Å²) in [7, 11) is -1.82. The molecule has 1 atom stereocenters. The molecule has 188 valence electrons. The van der Waals surface area contributed by atoms with Crippen molar-refractivity contribution in [3.63, 3.8) is 0 Å². The van der Waals surface area contributed by atoms with Crippen molar-refractivity contribution in [1.29, 1.82) is 0 Å². The number of hydrogen-bond acceptors (Lipinski definition) is 6. The molecule has 12 heteroatoms. The number of nitrogens with one attached hydrogen (secondary N) is 1. The van der Waals surface area contributed by atoms with Gasteiger partial charge in [0, 0.05) is 36.7 Å². The summed E-state index contributed by atoms with van der Waals surface area (Å²) in [6, 6.07) is 4.73. The second-order valence-corrected chi connectivity index (χ2v) is 11.3. The summed E-state index contributed by atoms with van der Waals surface area (Å²) in [6.45, 7) is 5.34. The minimum absolute atomic E-state index is 0.0259. The van der Waals surface area contributed by atoms with Crippen molar-refractivity contribution in [1.82, 2.24) is 18.8 Å². The van der Waals surface area contributed by atoms with Gasteiger partial charge in [0.25, 0.3) is 12.0 Å². The highest BCUT2D eigenvalue weighted by Gasteiger charge is 2.47. The van der Waals surface area contributed by atoms with E-state index in [2.05, 4.69) is 15.3 Å². The Labute approximate surface area is 200 Å². The normalized spacial score (nSPS) is 16.9. The van der Waals surface area contributed by atoms with E-state index in [1.807, 2.05) is 6.92 Å². The van der Waals surface area contributed by atoms with Gasteiger partial charge in [-0.2, -0.15) is 0 Å². The van der Waals surface area contributed by atoms with Crippen LogP contribution in [0.4, 0.5) is 19.0 Å². The van der Waals surface area contributed by atoms with E-state index in [1.54, 1.807) is 27.0 Å². The van der Waals surface area contributed by atoms with Gasteiger partial charge in [0.2, 0.25) is 10.0 Å². The fourth-order valence-electron chi connectivity index (χ4n) is 4.45. The fourth-order valence-corrected chi connectivity index (χ4v) is 5.78. The first-order chi connectivity index (χ1) is 16.4. The summed E-state index contributed by atoms with van der Waals surface area (Å²) >= 11 is 0. The summed E-state index contributed by atoms with van der Waals surface area (Å²) in [5, 5.41) is 3.53. The molecule has 8 nitrogen and oxygen atoms in total. The van der Waals surface area contributed by atoms with Crippen LogP contribution in [0.15, 0.2) is 35.4 Å². The first kappa shape index (κ1) is 25.1. The number of aromatic nitrogens is 3. The first-order valence-corrected chi connectivity index (χ1v) is 12.7. The third-order valence-corrected chi connectivity index (χ3v) is 8.35. The molecule has 0 bridgehead atoms. The minimum Gasteiger partial charge on any atom is -0.363 e. The van der Waals surface area contributed by atoms with Crippen LogP contribution in [0.3, 0.4) is 0 Å². The highest BCUT2D eigenvalue weighted by Crippen LogP contribution is 2.36. The maximum Gasteiger partial charge on any atom is 0.266 e. The van der Waals surface area contributed by atoms with E-state index >= 15 is 0 Å². The Hall–Kier alpha value is -2.99. The Morgan fingerprint density at radius 3 is 2.49 bits per heavy atom. The molecule has 0 saturated carbocycles. The SMILES string of the molecule is CCS(=O)(=O)N1CC(C)(c2cc3c(N[C@H](C)c4cccc(C(F)F)c4F)ncnc3n(C)c2=O)C1. The average molecular weight is 510 g/mol. The van der Waals surface area contributed by atoms with E-state index < -0.39 is 39.3 Å². The number of pyridine rings is 1. The predicted octanol–water partition coefficient (Wildman–Crippen LogP) is 3.50. The summed E-state index contributed by atoms with van der Waals surface area (Å²) < 4.78 is 68.1. The van der Waals surface area contributed by atoms with Crippen LogP contribution in [0.1, 0.15) is 49.9 Å². The number of hydrogen-bond donors (Lipinski definition) is 1. The largest absolute Gasteiger partial charge is 0.363 e. The monoisotopic (exact) mass is 509 g/mol. The lowest BCUT2D eigenvalue weighted by atomic mass is 9.77. The van der Waals surface area contributed by atoms with Gasteiger partial charge in [0.1, 0.15) is 23.6 Å². The molecule has 1 saturated heterocycles. The lowest BCUT2D eigenvalue weighted by Crippen LogP contribution is -2.61. The van der Waals surface area contributed by atoms with Crippen LogP contribution in [-0.4, -0.2) is 46.1 Å². The predicted molar refractivity (Wildman–Crippen MR) is 127 cm³/mol. The summed E-state index contributed by atoms with van der Waals surface area (Å²) in [4.78, 5) is 21.6. The van der Waals surface area contributed by atoms with Gasteiger partial charge in [-0.15, -0.1) is 0 Å². The molecule has 0 spiro atoms. The van der Waals surface area contributed by atoms with E-state index in [9.17, 15) is 26.4 Å². The van der Waals surface area contributed by atoms with Crippen LogP contribution in [0.5, 0.6) is 0 Å². The zero-order valence-corrected chi connectivity index (χ0v) is 20.5. The van der Waals surface area contributed by atoms with Crippen molar-refractivity contribution in [2.24, 2.45) is 7.05 Å². The molecule has 0 aliphatic carbocycles. The molecule has 4 rings (SSSR count). The number of anilines is 1. The summed E-state index contributed by atoms with van der Waals surface area (Å²) in [5.74, 6) is -0.725. The Morgan fingerprint density at radius 1 is 1.20 bits per heavy atom. The third-order valence-electron chi connectivity index (χ3n) is 6.58. The number of alkyl halides is 2. The van der Waals surface area contributed by atoms with Crippen LogP contribution >= 0.6 is 0 Å². The minimum atomic E-state index is -3.38. The fraction of sp³-hybridized carbons (Fsp3) is 0.435. The second-order valence-electron chi connectivity index (χ2n) is 9.03. The van der Waals surface area contributed by atoms with Crippen LogP contribution in [0.2, 0.25) is 0 Å². The van der Waals surface area contributed by atoms with Crippen LogP contribution in [0, 0.1) is 5.82 Å². The quantitative estimate of drug-likeness (QED) is 0.524. The number of nitrogens with zero attached hydrogens (tertiary/aromatic N) is 4. The number of sulfonamides is 1. The smallest absolute Gasteiger partial charge is 0.266 e. The van der Waals surface area contributed by atoms with E-state index in [-0.39, 0.29) is 30.0 Å². The lowest BCUT2D eigenvalue weighted by Gasteiger charge is -2.46. The number of aryl methyl sites for hydroxylation is 1. The molecule has 2 aromatic heterocycles. The Balaban J connectivity index is 1.74. The molecular formula is C23H26F3N5O3S. The van der Waals surface area contributed by atoms with Crippen molar-refractivity contribution >= 4 is 26.9 Å². The lowest BCUT2D eigenvalue weighted by molar-refractivity contribution is 0.146. The third kappa shape index (κ3) is 4.29. The maximum atomic E-state index is 14.7. The molecule has 3 aromatic rings. The van der Waals surface area contributed by atoms with E-state index in [0.29, 0.717) is 22.4 Å². The van der Waals surface area contributed by atoms with Crippen molar-refractivity contribution in [2.75, 3.05) is 24.2 Å². The number of benzene rings is 1. The summed E-state index contributed by atoms with van der Waals surface area (Å²) in [6.07, 6.45) is -1.69. The molecule has 0 unspecified atom stereocenters. The number of halogens is 3. The van der Waals surface area contributed by atoms with E-state index in [0.717, 1.165) is 6.07 Å². The molecule has 1 N–H and O–H groups in total. The average Bonchev–Trinajstić information content (AvgIpc) is 2.79. The molecule has 0 radical (unpaired) electrons. The maximum absolute atomic E-state index is 14.7. The molecule has 3 heterocycles. The van der Waals surface area contributed by atoms with Crippen LogP contribution < -0.4 is 10.9 Å². The van der Waals surface area contributed by atoms with Gasteiger partial charge in [-0.3, -0.25) is 9.36 Å². The topological polar surface area (TPSA) is 97.2 Å². The molecule has 0 amide bonds. The standard InChI is InChI=1S/C23H26F3N5O3S/c1-5-35(33,34)31-10-23(3,11-31)17-9-16-20(27-12-28-21(16)30(4)22(17)32)29-13(2)14-7-6-8-15(18(14)24)19(25)26/h6-9,12-13,19H,5,10-11H2,1-4H3,(H,27,28,29)/t13-/m1/s1. The zero-order valence-electron chi connectivity index (χ0n) is 19.7. The van der Waals surface area contributed by atoms with E-state index in [1.165, 1.54) is 27.3 Å². The molecular weight excluding hydrogens is 483 g/mol. The van der Waals surface area contributed by atoms with Gasteiger partial charge in [-0.25, -0.2) is 35.9 Å². The van der Waals surface area contributed by atoms with Gasteiger partial charge in [0.15, 0.2) is 0 Å². The Morgan fingerprint density at radius 2 is 1.86 bits per heavy atom. The molecule has 1 aliphatic heterocycles. The first-order valence-electron chi connectivity index (χ1n) is 11.1. The number of rotatable bonds is 7. The van der Waals surface area contributed by atoms with Gasteiger partial charge in [-0.05, 0) is 19.9 Å². The molecule has 1 fully saturated rings. The molecule has 35 heavy (non-hydrogen) atoms. The van der Waals surface area contributed by atoms with Gasteiger partial charge in [0.05, 0.1) is 22.7 Å². The summed E-state index contributed by atoms with van der Waals surface area (Å²) in [5.41, 5.74) is -0.912. The highest BCUT2D eigenvalue weighted by atomic mass is 32.2. The number of fused-ring (bicyclic) bond motifs is 1. The van der Waals surface area contributed by atoms with Gasteiger partial charge in [-0.1, -0.05) is 25.1 Å². The van der Waals surface area contributed by atoms with Gasteiger partial charge < -0.3 is 5.32 Å². The van der Waals surface area contributed by atoms with Crippen LogP contribution in [0.25, 0.3) is 11.0 Å². The van der Waals surface area contributed by atoms with Crippen molar-refractivity contribution in [3.8, 4) is 0 Å². The molecule has 1 aromatic carbocycles. The molecule has 1 aliphatic rings. The Kier molecular flexibility index (Phi) is 6.39.